The van der Waals surface area contributed by atoms with Crippen LogP contribution in [-0.4, -0.2) is 62.8 Å². The van der Waals surface area contributed by atoms with Gasteiger partial charge in [-0.3, -0.25) is 19.8 Å². The molecule has 1 fully saturated rings. The number of rotatable bonds is 6. The molecule has 0 aliphatic carbocycles. The summed E-state index contributed by atoms with van der Waals surface area (Å²) in [5, 5.41) is 10.7. The van der Waals surface area contributed by atoms with Crippen molar-refractivity contribution >= 4 is 17.2 Å². The van der Waals surface area contributed by atoms with Crippen LogP contribution in [0.5, 0.6) is 5.75 Å². The van der Waals surface area contributed by atoms with Crippen LogP contribution in [0.3, 0.4) is 0 Å². The Morgan fingerprint density at radius 2 is 1.84 bits per heavy atom. The molecule has 3 heterocycles. The molecule has 9 nitrogen and oxygen atoms in total. The number of hydrogen-bond acceptors (Lipinski definition) is 6. The van der Waals surface area contributed by atoms with Crippen molar-refractivity contribution in [2.24, 2.45) is 0 Å². The number of imidazole rings is 1. The average Bonchev–Trinajstić information content (AvgIpc) is 3.06. The third-order valence-corrected chi connectivity index (χ3v) is 5.59. The maximum absolute atomic E-state index is 12.5. The first-order chi connectivity index (χ1) is 14.9. The molecule has 0 saturated carbocycles. The predicted molar refractivity (Wildman–Crippen MR) is 115 cm³/mol. The molecule has 1 aromatic carbocycles. The number of hydrogen-bond donors (Lipinski definition) is 0. The van der Waals surface area contributed by atoms with E-state index in [-0.39, 0.29) is 18.2 Å². The largest absolute Gasteiger partial charge is 0.484 e. The summed E-state index contributed by atoms with van der Waals surface area (Å²) < 4.78 is 7.64. The number of amides is 1. The highest BCUT2D eigenvalue weighted by Crippen LogP contribution is 2.18. The van der Waals surface area contributed by atoms with Crippen molar-refractivity contribution in [2.75, 3.05) is 32.8 Å². The van der Waals surface area contributed by atoms with E-state index < -0.39 is 4.92 Å². The van der Waals surface area contributed by atoms with Crippen molar-refractivity contribution in [2.45, 2.75) is 20.4 Å². The van der Waals surface area contributed by atoms with E-state index in [1.807, 2.05) is 6.92 Å². The third-order valence-electron chi connectivity index (χ3n) is 5.59. The number of ether oxygens (including phenoxy) is 1. The zero-order valence-electron chi connectivity index (χ0n) is 17.7. The fourth-order valence-corrected chi connectivity index (χ4v) is 3.77. The van der Waals surface area contributed by atoms with Crippen LogP contribution in [0.25, 0.3) is 5.65 Å². The molecular formula is C22H25N5O4. The number of aromatic nitrogens is 2. The Morgan fingerprint density at radius 1 is 1.13 bits per heavy atom. The van der Waals surface area contributed by atoms with E-state index in [9.17, 15) is 14.9 Å². The summed E-state index contributed by atoms with van der Waals surface area (Å²) in [6.45, 7) is 7.64. The van der Waals surface area contributed by atoms with Crippen LogP contribution in [0, 0.1) is 24.0 Å². The molecule has 1 saturated heterocycles. The molecule has 1 aliphatic heterocycles. The molecular weight excluding hydrogens is 398 g/mol. The Morgan fingerprint density at radius 3 is 2.52 bits per heavy atom. The van der Waals surface area contributed by atoms with Crippen LogP contribution in [-0.2, 0) is 11.3 Å². The summed E-state index contributed by atoms with van der Waals surface area (Å²) in [5.74, 6) is 0.357. The van der Waals surface area contributed by atoms with E-state index in [4.69, 9.17) is 4.74 Å². The Kier molecular flexibility index (Phi) is 5.85. The number of nitro benzene ring substituents is 1. The van der Waals surface area contributed by atoms with E-state index in [1.165, 1.54) is 35.5 Å². The summed E-state index contributed by atoms with van der Waals surface area (Å²) in [5.41, 5.74) is 4.35. The first-order valence-electron chi connectivity index (χ1n) is 10.2. The molecule has 0 unspecified atom stereocenters. The minimum Gasteiger partial charge on any atom is -0.484 e. The normalized spacial score (nSPS) is 14.7. The van der Waals surface area contributed by atoms with Gasteiger partial charge in [-0.2, -0.15) is 0 Å². The molecule has 0 spiro atoms. The van der Waals surface area contributed by atoms with Crippen LogP contribution in [0.4, 0.5) is 5.69 Å². The van der Waals surface area contributed by atoms with Crippen LogP contribution < -0.4 is 4.74 Å². The standard InChI is InChI=1S/C22H25N5O4/c1-16-7-8-26-20(17(2)23-21(26)13-16)14-24-9-11-25(12-10-24)22(28)15-31-19-5-3-18(4-6-19)27(29)30/h3-8,13H,9-12,14-15H2,1-2H3. The highest BCUT2D eigenvalue weighted by molar-refractivity contribution is 5.77. The monoisotopic (exact) mass is 423 g/mol. The minimum absolute atomic E-state index is 0.00821. The van der Waals surface area contributed by atoms with Gasteiger partial charge in [0.15, 0.2) is 6.61 Å². The number of benzene rings is 1. The van der Waals surface area contributed by atoms with Gasteiger partial charge in [0.05, 0.1) is 16.3 Å². The second kappa shape index (κ2) is 8.73. The van der Waals surface area contributed by atoms with E-state index in [0.29, 0.717) is 18.8 Å². The Balaban J connectivity index is 1.29. The van der Waals surface area contributed by atoms with E-state index in [1.54, 1.807) is 4.90 Å². The average molecular weight is 423 g/mol. The van der Waals surface area contributed by atoms with Crippen LogP contribution in [0.2, 0.25) is 0 Å². The lowest BCUT2D eigenvalue weighted by Gasteiger charge is -2.34. The molecule has 4 rings (SSSR count). The number of pyridine rings is 1. The van der Waals surface area contributed by atoms with Gasteiger partial charge in [0.25, 0.3) is 11.6 Å². The zero-order valence-corrected chi connectivity index (χ0v) is 17.7. The number of carbonyl (C=O) groups is 1. The number of nitrogens with zero attached hydrogens (tertiary/aromatic N) is 5. The van der Waals surface area contributed by atoms with Crippen molar-refractivity contribution in [3.05, 3.63) is 69.7 Å². The Hall–Kier alpha value is -3.46. The molecule has 31 heavy (non-hydrogen) atoms. The highest BCUT2D eigenvalue weighted by Gasteiger charge is 2.23. The molecule has 0 N–H and O–H groups in total. The van der Waals surface area contributed by atoms with Crippen molar-refractivity contribution in [1.29, 1.82) is 0 Å². The van der Waals surface area contributed by atoms with Gasteiger partial charge in [0.2, 0.25) is 0 Å². The SMILES string of the molecule is Cc1ccn2c(CN3CCN(C(=O)COc4ccc([N+](=O)[O-])cc4)CC3)c(C)nc2c1. The molecule has 1 amide bonds. The van der Waals surface area contributed by atoms with E-state index >= 15 is 0 Å². The lowest BCUT2D eigenvalue weighted by atomic mass is 10.2. The van der Waals surface area contributed by atoms with E-state index in [2.05, 4.69) is 39.5 Å². The highest BCUT2D eigenvalue weighted by atomic mass is 16.6. The van der Waals surface area contributed by atoms with Crippen molar-refractivity contribution in [3.8, 4) is 5.75 Å². The van der Waals surface area contributed by atoms with Gasteiger partial charge in [-0.1, -0.05) is 0 Å². The number of nitro groups is 1. The van der Waals surface area contributed by atoms with Crippen LogP contribution in [0.15, 0.2) is 42.6 Å². The molecule has 162 valence electrons. The van der Waals surface area contributed by atoms with Gasteiger partial charge in [0, 0.05) is 51.1 Å². The van der Waals surface area contributed by atoms with Gasteiger partial charge in [-0.15, -0.1) is 0 Å². The molecule has 0 atom stereocenters. The summed E-state index contributed by atoms with van der Waals surface area (Å²) in [4.78, 5) is 31.5. The van der Waals surface area contributed by atoms with Crippen LogP contribution in [0.1, 0.15) is 17.0 Å². The van der Waals surface area contributed by atoms with Crippen molar-refractivity contribution in [1.82, 2.24) is 19.2 Å². The van der Waals surface area contributed by atoms with Crippen molar-refractivity contribution in [3.63, 3.8) is 0 Å². The summed E-state index contributed by atoms with van der Waals surface area (Å²) in [7, 11) is 0. The second-order valence-corrected chi connectivity index (χ2v) is 7.77. The molecule has 9 heteroatoms. The summed E-state index contributed by atoms with van der Waals surface area (Å²) in [6.07, 6.45) is 2.06. The maximum Gasteiger partial charge on any atom is 0.269 e. The quantitative estimate of drug-likeness (QED) is 0.447. The number of non-ortho nitro benzene ring substituents is 1. The van der Waals surface area contributed by atoms with Gasteiger partial charge >= 0.3 is 0 Å². The fourth-order valence-electron chi connectivity index (χ4n) is 3.77. The second-order valence-electron chi connectivity index (χ2n) is 7.77. The van der Waals surface area contributed by atoms with Crippen molar-refractivity contribution < 1.29 is 14.5 Å². The molecule has 0 bridgehead atoms. The van der Waals surface area contributed by atoms with Gasteiger partial charge in [-0.05, 0) is 43.7 Å². The van der Waals surface area contributed by atoms with Gasteiger partial charge < -0.3 is 14.0 Å². The number of carbonyl (C=O) groups excluding carboxylic acids is 1. The lowest BCUT2D eigenvalue weighted by Crippen LogP contribution is -2.49. The smallest absolute Gasteiger partial charge is 0.269 e. The first-order valence-corrected chi connectivity index (χ1v) is 10.2. The number of piperazine rings is 1. The summed E-state index contributed by atoms with van der Waals surface area (Å²) in [6, 6.07) is 9.90. The van der Waals surface area contributed by atoms with Gasteiger partial charge in [-0.25, -0.2) is 4.98 Å². The summed E-state index contributed by atoms with van der Waals surface area (Å²) >= 11 is 0. The number of aryl methyl sites for hydroxylation is 2. The minimum atomic E-state index is -0.468. The molecule has 0 radical (unpaired) electrons. The fraction of sp³-hybridized carbons (Fsp3) is 0.364. The molecule has 3 aromatic rings. The zero-order chi connectivity index (χ0) is 22.0. The topological polar surface area (TPSA) is 93.2 Å². The van der Waals surface area contributed by atoms with E-state index in [0.717, 1.165) is 31.0 Å². The maximum atomic E-state index is 12.5. The molecule has 2 aromatic heterocycles. The lowest BCUT2D eigenvalue weighted by molar-refractivity contribution is -0.384. The van der Waals surface area contributed by atoms with Crippen LogP contribution >= 0.6 is 0 Å². The number of fused-ring (bicyclic) bond motifs is 1. The molecule has 1 aliphatic rings. The third kappa shape index (κ3) is 4.66. The Labute approximate surface area is 180 Å². The predicted octanol–water partition coefficient (Wildman–Crippen LogP) is 2.58. The van der Waals surface area contributed by atoms with Gasteiger partial charge in [0.1, 0.15) is 11.4 Å². The first kappa shape index (κ1) is 20.8. The Bertz CT molecular complexity index is 1100.